The Morgan fingerprint density at radius 3 is 2.75 bits per heavy atom. The van der Waals surface area contributed by atoms with E-state index in [9.17, 15) is 23.1 Å². The van der Waals surface area contributed by atoms with Gasteiger partial charge in [-0.25, -0.2) is 0 Å². The number of esters is 1. The highest BCUT2D eigenvalue weighted by atomic mass is 19.4. The summed E-state index contributed by atoms with van der Waals surface area (Å²) >= 11 is 0. The smallest absolute Gasteiger partial charge is 0.416 e. The SMILES string of the molecule is O=C1C[C@H](O)C[C@@H](/C=C/c2cccc(C(F)(F)F)c2)O1. The molecule has 1 heterocycles. The molecule has 0 radical (unpaired) electrons. The van der Waals surface area contributed by atoms with Gasteiger partial charge < -0.3 is 9.84 Å². The fourth-order valence-corrected chi connectivity index (χ4v) is 1.96. The Labute approximate surface area is 113 Å². The van der Waals surface area contributed by atoms with E-state index in [0.29, 0.717) is 5.56 Å². The summed E-state index contributed by atoms with van der Waals surface area (Å²) in [5.41, 5.74) is -0.378. The maximum Gasteiger partial charge on any atom is 0.416 e. The van der Waals surface area contributed by atoms with Gasteiger partial charge in [0.1, 0.15) is 6.10 Å². The fraction of sp³-hybridized carbons (Fsp3) is 0.357. The number of aliphatic hydroxyl groups is 1. The minimum atomic E-state index is -4.39. The molecule has 0 spiro atoms. The van der Waals surface area contributed by atoms with Crippen molar-refractivity contribution in [2.45, 2.75) is 31.2 Å². The van der Waals surface area contributed by atoms with Crippen LogP contribution in [0.25, 0.3) is 6.08 Å². The van der Waals surface area contributed by atoms with Crippen LogP contribution < -0.4 is 0 Å². The van der Waals surface area contributed by atoms with Gasteiger partial charge in [-0.1, -0.05) is 18.2 Å². The van der Waals surface area contributed by atoms with Crippen LogP contribution in [0.1, 0.15) is 24.0 Å². The van der Waals surface area contributed by atoms with Crippen LogP contribution in [0.2, 0.25) is 0 Å². The van der Waals surface area contributed by atoms with Crippen molar-refractivity contribution in [2.24, 2.45) is 0 Å². The molecule has 0 saturated carbocycles. The van der Waals surface area contributed by atoms with E-state index >= 15 is 0 Å². The van der Waals surface area contributed by atoms with Gasteiger partial charge in [-0.2, -0.15) is 13.2 Å². The average molecular weight is 286 g/mol. The molecule has 1 aliphatic rings. The van der Waals surface area contributed by atoms with Crippen LogP contribution in [0.15, 0.2) is 30.3 Å². The number of alkyl halides is 3. The Hall–Kier alpha value is -1.82. The Kier molecular flexibility index (Phi) is 4.13. The first kappa shape index (κ1) is 14.6. The van der Waals surface area contributed by atoms with Crippen LogP contribution in [0.4, 0.5) is 13.2 Å². The Balaban J connectivity index is 2.09. The molecule has 1 N–H and O–H groups in total. The van der Waals surface area contributed by atoms with Crippen molar-refractivity contribution in [3.05, 3.63) is 41.5 Å². The third-order valence-corrected chi connectivity index (χ3v) is 2.91. The zero-order valence-corrected chi connectivity index (χ0v) is 10.4. The molecule has 0 bridgehead atoms. The lowest BCUT2D eigenvalue weighted by atomic mass is 10.0. The third-order valence-electron chi connectivity index (χ3n) is 2.91. The van der Waals surface area contributed by atoms with Crippen LogP contribution in [0, 0.1) is 0 Å². The minimum Gasteiger partial charge on any atom is -0.458 e. The van der Waals surface area contributed by atoms with Gasteiger partial charge in [0, 0.05) is 6.42 Å². The monoisotopic (exact) mass is 286 g/mol. The van der Waals surface area contributed by atoms with Gasteiger partial charge in [-0.3, -0.25) is 4.79 Å². The van der Waals surface area contributed by atoms with E-state index in [1.165, 1.54) is 24.3 Å². The summed E-state index contributed by atoms with van der Waals surface area (Å²) in [5, 5.41) is 9.41. The van der Waals surface area contributed by atoms with Gasteiger partial charge in [0.15, 0.2) is 0 Å². The second-order valence-electron chi connectivity index (χ2n) is 4.60. The molecule has 20 heavy (non-hydrogen) atoms. The normalized spacial score (nSPS) is 23.9. The Morgan fingerprint density at radius 2 is 2.10 bits per heavy atom. The Morgan fingerprint density at radius 1 is 1.35 bits per heavy atom. The number of rotatable bonds is 2. The van der Waals surface area contributed by atoms with Crippen molar-refractivity contribution >= 4 is 12.0 Å². The standard InChI is InChI=1S/C14H13F3O3/c15-14(16,17)10-3-1-2-9(6-10)4-5-12-7-11(18)8-13(19)20-12/h1-6,11-12,18H,7-8H2/b5-4+/t11-,12-/m1/s1. The number of ether oxygens (including phenoxy) is 1. The molecule has 0 amide bonds. The van der Waals surface area contributed by atoms with Crippen LogP contribution in [-0.4, -0.2) is 23.3 Å². The quantitative estimate of drug-likeness (QED) is 0.850. The van der Waals surface area contributed by atoms with E-state index in [1.807, 2.05) is 0 Å². The summed E-state index contributed by atoms with van der Waals surface area (Å²) in [5.74, 6) is -0.512. The lowest BCUT2D eigenvalue weighted by Crippen LogP contribution is -2.31. The first-order valence-electron chi connectivity index (χ1n) is 6.07. The molecule has 1 aromatic carbocycles. The highest BCUT2D eigenvalue weighted by Crippen LogP contribution is 2.29. The highest BCUT2D eigenvalue weighted by molar-refractivity contribution is 5.71. The molecule has 6 heteroatoms. The number of carbonyl (C=O) groups excluding carboxylic acids is 1. The maximum absolute atomic E-state index is 12.5. The molecule has 1 fully saturated rings. The van der Waals surface area contributed by atoms with E-state index in [0.717, 1.165) is 12.1 Å². The second-order valence-corrected chi connectivity index (χ2v) is 4.60. The van der Waals surface area contributed by atoms with E-state index in [-0.39, 0.29) is 12.8 Å². The van der Waals surface area contributed by atoms with Gasteiger partial charge in [0.25, 0.3) is 0 Å². The van der Waals surface area contributed by atoms with Crippen LogP contribution in [0.5, 0.6) is 0 Å². The van der Waals surface area contributed by atoms with Crippen molar-refractivity contribution < 1.29 is 27.8 Å². The predicted octanol–water partition coefficient (Wildman–Crippen LogP) is 2.79. The van der Waals surface area contributed by atoms with E-state index in [2.05, 4.69) is 0 Å². The molecule has 0 aliphatic carbocycles. The van der Waals surface area contributed by atoms with Gasteiger partial charge >= 0.3 is 12.1 Å². The van der Waals surface area contributed by atoms with Gasteiger partial charge in [-0.15, -0.1) is 0 Å². The predicted molar refractivity (Wildman–Crippen MR) is 65.6 cm³/mol. The first-order valence-corrected chi connectivity index (χ1v) is 6.07. The summed E-state index contributed by atoms with van der Waals surface area (Å²) in [7, 11) is 0. The topological polar surface area (TPSA) is 46.5 Å². The second kappa shape index (κ2) is 5.66. The van der Waals surface area contributed by atoms with Crippen molar-refractivity contribution in [1.82, 2.24) is 0 Å². The van der Waals surface area contributed by atoms with Crippen molar-refractivity contribution in [2.75, 3.05) is 0 Å². The summed E-state index contributed by atoms with van der Waals surface area (Å²) in [6, 6.07) is 4.83. The molecule has 1 aromatic rings. The van der Waals surface area contributed by atoms with Gasteiger partial charge in [0.05, 0.1) is 18.1 Å². The van der Waals surface area contributed by atoms with Gasteiger partial charge in [-0.05, 0) is 23.8 Å². The van der Waals surface area contributed by atoms with E-state index in [4.69, 9.17) is 4.74 Å². The number of hydrogen-bond acceptors (Lipinski definition) is 3. The summed E-state index contributed by atoms with van der Waals surface area (Å²) in [6.07, 6.45) is -2.64. The number of carbonyl (C=O) groups is 1. The lowest BCUT2D eigenvalue weighted by molar-refractivity contribution is -0.156. The molecule has 1 saturated heterocycles. The largest absolute Gasteiger partial charge is 0.458 e. The molecule has 108 valence electrons. The zero-order chi connectivity index (χ0) is 14.8. The highest BCUT2D eigenvalue weighted by Gasteiger charge is 2.30. The number of benzene rings is 1. The summed E-state index contributed by atoms with van der Waals surface area (Å²) in [4.78, 5) is 11.1. The van der Waals surface area contributed by atoms with Crippen LogP contribution in [0.3, 0.4) is 0 Å². The third kappa shape index (κ3) is 3.84. The van der Waals surface area contributed by atoms with Crippen molar-refractivity contribution in [3.63, 3.8) is 0 Å². The number of cyclic esters (lactones) is 1. The van der Waals surface area contributed by atoms with E-state index in [1.54, 1.807) is 0 Å². The molecule has 2 rings (SSSR count). The maximum atomic E-state index is 12.5. The van der Waals surface area contributed by atoms with Crippen LogP contribution in [-0.2, 0) is 15.7 Å². The summed E-state index contributed by atoms with van der Waals surface area (Å²) < 4.78 is 42.6. The number of aliphatic hydroxyl groups excluding tert-OH is 1. The molecular formula is C14H13F3O3. The first-order chi connectivity index (χ1) is 9.34. The fourth-order valence-electron chi connectivity index (χ4n) is 1.96. The lowest BCUT2D eigenvalue weighted by Gasteiger charge is -2.23. The zero-order valence-electron chi connectivity index (χ0n) is 10.4. The molecule has 0 aromatic heterocycles. The summed E-state index contributed by atoms with van der Waals surface area (Å²) in [6.45, 7) is 0. The molecule has 2 atom stereocenters. The molecule has 3 nitrogen and oxygen atoms in total. The van der Waals surface area contributed by atoms with Crippen molar-refractivity contribution in [1.29, 1.82) is 0 Å². The van der Waals surface area contributed by atoms with Crippen LogP contribution >= 0.6 is 0 Å². The molecule has 1 aliphatic heterocycles. The number of hydrogen-bond donors (Lipinski definition) is 1. The van der Waals surface area contributed by atoms with Gasteiger partial charge in [0.2, 0.25) is 0 Å². The van der Waals surface area contributed by atoms with Crippen molar-refractivity contribution in [3.8, 4) is 0 Å². The average Bonchev–Trinajstić information content (AvgIpc) is 2.35. The van der Waals surface area contributed by atoms with E-state index < -0.39 is 29.9 Å². The molecular weight excluding hydrogens is 273 g/mol. The number of halogens is 3. The minimum absolute atomic E-state index is 0.0477. The Bertz CT molecular complexity index is 523. The molecule has 0 unspecified atom stereocenters.